The molecule has 152 valence electrons. The molecule has 0 radical (unpaired) electrons. The van der Waals surface area contributed by atoms with Gasteiger partial charge in [0.25, 0.3) is 0 Å². The lowest BCUT2D eigenvalue weighted by Gasteiger charge is -2.22. The average Bonchev–Trinajstić information content (AvgIpc) is 3.24. The number of benzene rings is 2. The first-order chi connectivity index (χ1) is 13.8. The van der Waals surface area contributed by atoms with Crippen molar-refractivity contribution >= 4 is 24.0 Å². The van der Waals surface area contributed by atoms with E-state index in [1.165, 1.54) is 0 Å². The number of rotatable bonds is 6. The third-order valence-electron chi connectivity index (χ3n) is 4.54. The highest BCUT2D eigenvalue weighted by Gasteiger charge is 2.20. The maximum Gasteiger partial charge on any atom is 0.243 e. The van der Waals surface area contributed by atoms with Crippen LogP contribution in [-0.2, 0) is 22.5 Å². The van der Waals surface area contributed by atoms with Gasteiger partial charge in [-0.3, -0.25) is 4.79 Å². The summed E-state index contributed by atoms with van der Waals surface area (Å²) in [6.07, 6.45) is 0.775. The zero-order valence-electron chi connectivity index (χ0n) is 15.8. The fourth-order valence-electron chi connectivity index (χ4n) is 2.99. The minimum absolute atomic E-state index is 0. The Balaban J connectivity index is 0.00000240. The fourth-order valence-corrected chi connectivity index (χ4v) is 2.99. The second kappa shape index (κ2) is 10.1. The normalized spacial score (nSPS) is 16.1. The van der Waals surface area contributed by atoms with Gasteiger partial charge in [0.05, 0.1) is 19.8 Å². The summed E-state index contributed by atoms with van der Waals surface area (Å²) in [6.45, 7) is 2.37. The van der Waals surface area contributed by atoms with Crippen molar-refractivity contribution < 1.29 is 9.53 Å². The third kappa shape index (κ3) is 5.60. The summed E-state index contributed by atoms with van der Waals surface area (Å²) < 4.78 is 5.32. The van der Waals surface area contributed by atoms with Crippen LogP contribution in [0.15, 0.2) is 54.6 Å². The first-order valence-electron chi connectivity index (χ1n) is 9.32. The summed E-state index contributed by atoms with van der Waals surface area (Å²) in [5, 5.41) is 18.7. The summed E-state index contributed by atoms with van der Waals surface area (Å²) in [7, 11) is 0. The van der Waals surface area contributed by atoms with Gasteiger partial charge in [-0.1, -0.05) is 42.5 Å². The minimum Gasteiger partial charge on any atom is -0.378 e. The van der Waals surface area contributed by atoms with Crippen LogP contribution in [0.25, 0.3) is 11.4 Å². The summed E-state index contributed by atoms with van der Waals surface area (Å²) >= 11 is 0. The van der Waals surface area contributed by atoms with Crippen LogP contribution in [0.5, 0.6) is 0 Å². The number of aromatic nitrogens is 4. The van der Waals surface area contributed by atoms with E-state index in [4.69, 9.17) is 4.74 Å². The van der Waals surface area contributed by atoms with Crippen molar-refractivity contribution in [3.63, 3.8) is 0 Å². The highest BCUT2D eigenvalue weighted by atomic mass is 35.5. The zero-order chi connectivity index (χ0) is 19.2. The van der Waals surface area contributed by atoms with Gasteiger partial charge >= 0.3 is 0 Å². The van der Waals surface area contributed by atoms with Crippen LogP contribution in [-0.4, -0.2) is 51.9 Å². The second-order valence-corrected chi connectivity index (χ2v) is 6.59. The molecular weight excluding hydrogens is 392 g/mol. The fraction of sp³-hybridized carbons (Fsp3) is 0.300. The Kier molecular flexibility index (Phi) is 7.29. The molecule has 1 aromatic heterocycles. The van der Waals surface area contributed by atoms with Crippen LogP contribution in [0.1, 0.15) is 5.56 Å². The molecule has 0 spiro atoms. The predicted octanol–water partition coefficient (Wildman–Crippen LogP) is 1.93. The van der Waals surface area contributed by atoms with Crippen LogP contribution in [0.4, 0.5) is 5.69 Å². The van der Waals surface area contributed by atoms with Gasteiger partial charge in [-0.15, -0.1) is 22.6 Å². The minimum atomic E-state index is -0.300. The SMILES string of the molecule is Cl.O=C(Nc1ccc(CCn2nnc(-c3ccccc3)n2)cc1)C1COCCN1. The number of ether oxygens (including phenoxy) is 1. The molecule has 3 aromatic rings. The maximum atomic E-state index is 12.2. The number of anilines is 1. The van der Waals surface area contributed by atoms with E-state index in [9.17, 15) is 4.79 Å². The molecule has 2 N–H and O–H groups in total. The molecule has 0 aliphatic carbocycles. The number of halogens is 1. The van der Waals surface area contributed by atoms with Gasteiger partial charge in [0.1, 0.15) is 6.04 Å². The molecule has 1 aliphatic heterocycles. The molecule has 1 fully saturated rings. The molecule has 0 bridgehead atoms. The van der Waals surface area contributed by atoms with Gasteiger partial charge in [-0.05, 0) is 29.3 Å². The number of hydrogen-bond acceptors (Lipinski definition) is 6. The molecule has 1 unspecified atom stereocenters. The summed E-state index contributed by atoms with van der Waals surface area (Å²) in [6, 6.07) is 17.3. The first-order valence-corrected chi connectivity index (χ1v) is 9.32. The molecular formula is C20H23ClN6O2. The van der Waals surface area contributed by atoms with E-state index in [-0.39, 0.29) is 24.4 Å². The van der Waals surface area contributed by atoms with Crippen LogP contribution in [0.3, 0.4) is 0 Å². The van der Waals surface area contributed by atoms with Gasteiger partial charge in [-0.2, -0.15) is 4.80 Å². The predicted molar refractivity (Wildman–Crippen MR) is 112 cm³/mol. The van der Waals surface area contributed by atoms with Crippen molar-refractivity contribution in [3.8, 4) is 11.4 Å². The Labute approximate surface area is 175 Å². The van der Waals surface area contributed by atoms with Crippen molar-refractivity contribution in [3.05, 3.63) is 60.2 Å². The van der Waals surface area contributed by atoms with Crippen LogP contribution in [0.2, 0.25) is 0 Å². The number of nitrogens with zero attached hydrogens (tertiary/aromatic N) is 4. The van der Waals surface area contributed by atoms with Crippen molar-refractivity contribution in [2.75, 3.05) is 25.1 Å². The second-order valence-electron chi connectivity index (χ2n) is 6.59. The highest BCUT2D eigenvalue weighted by Crippen LogP contribution is 2.13. The van der Waals surface area contributed by atoms with Gasteiger partial charge in [0, 0.05) is 17.8 Å². The van der Waals surface area contributed by atoms with Crippen molar-refractivity contribution in [2.45, 2.75) is 19.0 Å². The standard InChI is InChI=1S/C20H22N6O2.ClH/c27-20(18-14-28-13-11-21-18)22-17-8-6-15(7-9-17)10-12-26-24-19(23-25-26)16-4-2-1-3-5-16;/h1-9,18,21H,10-14H2,(H,22,27);1H. The summed E-state index contributed by atoms with van der Waals surface area (Å²) in [5.74, 6) is 0.548. The van der Waals surface area contributed by atoms with E-state index in [0.29, 0.717) is 32.1 Å². The first kappa shape index (κ1) is 20.9. The van der Waals surface area contributed by atoms with E-state index in [1.54, 1.807) is 4.80 Å². The lowest BCUT2D eigenvalue weighted by molar-refractivity contribution is -0.120. The van der Waals surface area contributed by atoms with Crippen molar-refractivity contribution in [2.24, 2.45) is 0 Å². The molecule has 8 nitrogen and oxygen atoms in total. The third-order valence-corrected chi connectivity index (χ3v) is 4.54. The number of aryl methyl sites for hydroxylation is 2. The summed E-state index contributed by atoms with van der Waals surface area (Å²) in [5.41, 5.74) is 2.86. The number of carbonyl (C=O) groups excluding carboxylic acids is 1. The quantitative estimate of drug-likeness (QED) is 0.640. The highest BCUT2D eigenvalue weighted by molar-refractivity contribution is 5.95. The van der Waals surface area contributed by atoms with E-state index >= 15 is 0 Å². The number of morpholine rings is 1. The molecule has 4 rings (SSSR count). The average molecular weight is 415 g/mol. The Morgan fingerprint density at radius 2 is 1.97 bits per heavy atom. The number of nitrogens with one attached hydrogen (secondary N) is 2. The topological polar surface area (TPSA) is 94.0 Å². The van der Waals surface area contributed by atoms with Gasteiger partial charge < -0.3 is 15.4 Å². The molecule has 1 saturated heterocycles. The van der Waals surface area contributed by atoms with E-state index < -0.39 is 0 Å². The molecule has 1 amide bonds. The molecule has 9 heteroatoms. The van der Waals surface area contributed by atoms with Crippen LogP contribution < -0.4 is 10.6 Å². The van der Waals surface area contributed by atoms with Crippen LogP contribution >= 0.6 is 12.4 Å². The number of hydrogen-bond donors (Lipinski definition) is 2. The summed E-state index contributed by atoms with van der Waals surface area (Å²) in [4.78, 5) is 13.8. The van der Waals surface area contributed by atoms with Crippen molar-refractivity contribution in [1.29, 1.82) is 0 Å². The number of tetrazole rings is 1. The lowest BCUT2D eigenvalue weighted by atomic mass is 10.1. The Morgan fingerprint density at radius 1 is 1.17 bits per heavy atom. The van der Waals surface area contributed by atoms with E-state index in [1.807, 2.05) is 54.6 Å². The Hall–Kier alpha value is -2.81. The molecule has 1 aliphatic rings. The van der Waals surface area contributed by atoms with E-state index in [2.05, 4.69) is 26.0 Å². The zero-order valence-corrected chi connectivity index (χ0v) is 16.6. The van der Waals surface area contributed by atoms with Gasteiger partial charge in [0.2, 0.25) is 11.7 Å². The van der Waals surface area contributed by atoms with Crippen LogP contribution in [0, 0.1) is 0 Å². The number of amides is 1. The molecule has 2 heterocycles. The lowest BCUT2D eigenvalue weighted by Crippen LogP contribution is -2.48. The van der Waals surface area contributed by atoms with Gasteiger partial charge in [0.15, 0.2) is 0 Å². The molecule has 0 saturated carbocycles. The monoisotopic (exact) mass is 414 g/mol. The number of carbonyl (C=O) groups is 1. The van der Waals surface area contributed by atoms with Gasteiger partial charge in [-0.25, -0.2) is 0 Å². The maximum absolute atomic E-state index is 12.2. The largest absolute Gasteiger partial charge is 0.378 e. The van der Waals surface area contributed by atoms with E-state index in [0.717, 1.165) is 23.2 Å². The molecule has 1 atom stereocenters. The van der Waals surface area contributed by atoms with Crippen molar-refractivity contribution in [1.82, 2.24) is 25.5 Å². The Morgan fingerprint density at radius 3 is 2.69 bits per heavy atom. The molecule has 2 aromatic carbocycles. The smallest absolute Gasteiger partial charge is 0.243 e. The Bertz CT molecular complexity index is 910. The molecule has 29 heavy (non-hydrogen) atoms.